The molecule has 2 heterocycles. The van der Waals surface area contributed by atoms with Crippen LogP contribution < -0.4 is 4.74 Å². The van der Waals surface area contributed by atoms with Gasteiger partial charge in [-0.1, -0.05) is 6.42 Å². The fourth-order valence-electron chi connectivity index (χ4n) is 3.76. The molecule has 2 aliphatic heterocycles. The van der Waals surface area contributed by atoms with Gasteiger partial charge in [0.1, 0.15) is 11.6 Å². The number of fused-ring (bicyclic) bond motifs is 2. The average molecular weight is 344 g/mol. The van der Waals surface area contributed by atoms with E-state index in [1.54, 1.807) is 6.07 Å². The van der Waals surface area contributed by atoms with E-state index in [4.69, 9.17) is 9.47 Å². The van der Waals surface area contributed by atoms with Gasteiger partial charge in [-0.15, -0.1) is 0 Å². The van der Waals surface area contributed by atoms with Crippen LogP contribution >= 0.6 is 0 Å². The smallest absolute Gasteiger partial charge is 0.188 e. The van der Waals surface area contributed by atoms with Gasteiger partial charge in [-0.25, -0.2) is 12.8 Å². The van der Waals surface area contributed by atoms with Gasteiger partial charge in [-0.3, -0.25) is 0 Å². The molecule has 0 aliphatic carbocycles. The molecule has 0 aromatic heterocycles. The predicted octanol–water partition coefficient (Wildman–Crippen LogP) is 2.13. The Morgan fingerprint density at radius 1 is 1.30 bits per heavy atom. The maximum Gasteiger partial charge on any atom is 0.188 e. The molecular weight excluding hydrogens is 323 g/mol. The van der Waals surface area contributed by atoms with Gasteiger partial charge in [0, 0.05) is 18.7 Å². The summed E-state index contributed by atoms with van der Waals surface area (Å²) in [7, 11) is -1.73. The number of methoxy groups -OCH3 is 1. The molecule has 0 amide bonds. The second kappa shape index (κ2) is 6.03. The van der Waals surface area contributed by atoms with Crippen molar-refractivity contribution in [2.75, 3.05) is 13.9 Å². The monoisotopic (exact) mass is 344 g/mol. The molecule has 23 heavy (non-hydrogen) atoms. The number of sulfone groups is 1. The van der Waals surface area contributed by atoms with Gasteiger partial charge < -0.3 is 14.6 Å². The van der Waals surface area contributed by atoms with Crippen LogP contribution in [0.1, 0.15) is 37.7 Å². The minimum Gasteiger partial charge on any atom is -0.467 e. The van der Waals surface area contributed by atoms with E-state index >= 15 is 0 Å². The zero-order valence-electron chi connectivity index (χ0n) is 13.0. The van der Waals surface area contributed by atoms with Crippen molar-refractivity contribution >= 4 is 9.84 Å². The summed E-state index contributed by atoms with van der Waals surface area (Å²) in [6.07, 6.45) is 2.04. The van der Waals surface area contributed by atoms with E-state index in [0.717, 1.165) is 6.42 Å². The Bertz CT molecular complexity index is 668. The van der Waals surface area contributed by atoms with Crippen molar-refractivity contribution in [2.45, 2.75) is 48.2 Å². The second-order valence-corrected chi connectivity index (χ2v) is 8.91. The highest BCUT2D eigenvalue weighted by molar-refractivity contribution is 7.92. The Labute approximate surface area is 135 Å². The first-order valence-electron chi connectivity index (χ1n) is 7.74. The number of benzene rings is 1. The van der Waals surface area contributed by atoms with Crippen molar-refractivity contribution in [3.8, 4) is 5.75 Å². The van der Waals surface area contributed by atoms with Crippen LogP contribution in [0, 0.1) is 5.82 Å². The van der Waals surface area contributed by atoms with Crippen molar-refractivity contribution in [3.63, 3.8) is 0 Å². The first kappa shape index (κ1) is 16.7. The van der Waals surface area contributed by atoms with Crippen molar-refractivity contribution in [2.24, 2.45) is 0 Å². The topological polar surface area (TPSA) is 72.8 Å². The lowest BCUT2D eigenvalue weighted by atomic mass is 9.80. The van der Waals surface area contributed by atoms with Gasteiger partial charge in [0.15, 0.2) is 16.6 Å². The minimum absolute atomic E-state index is 0.00540. The highest BCUT2D eigenvalue weighted by atomic mass is 32.2. The first-order valence-corrected chi connectivity index (χ1v) is 9.34. The molecule has 0 saturated carbocycles. The van der Waals surface area contributed by atoms with Gasteiger partial charge >= 0.3 is 0 Å². The highest BCUT2D eigenvalue weighted by Crippen LogP contribution is 2.46. The summed E-state index contributed by atoms with van der Waals surface area (Å²) in [6.45, 7) is 0.00540. The molecule has 2 unspecified atom stereocenters. The third kappa shape index (κ3) is 2.97. The second-order valence-electron chi connectivity index (χ2n) is 6.40. The lowest BCUT2D eigenvalue weighted by Crippen LogP contribution is -2.50. The van der Waals surface area contributed by atoms with Crippen LogP contribution in [0.2, 0.25) is 0 Å². The number of halogens is 1. The van der Waals surface area contributed by atoms with E-state index < -0.39 is 31.8 Å². The predicted molar refractivity (Wildman–Crippen MR) is 82.4 cm³/mol. The molecule has 2 bridgehead atoms. The normalized spacial score (nSPS) is 32.5. The van der Waals surface area contributed by atoms with Gasteiger partial charge in [-0.2, -0.15) is 0 Å². The quantitative estimate of drug-likeness (QED) is 0.847. The summed E-state index contributed by atoms with van der Waals surface area (Å²) in [6, 6.07) is 4.24. The lowest BCUT2D eigenvalue weighted by molar-refractivity contribution is 0.00164. The average Bonchev–Trinajstić information content (AvgIpc) is 2.47. The van der Waals surface area contributed by atoms with Crippen molar-refractivity contribution in [3.05, 3.63) is 29.6 Å². The standard InChI is InChI=1S/C16H21FO5S/c1-21-10-22-11-5-6-14(15(17)7-11)16(18)8-12-3-2-4-13(9-16)23(12,19)20/h5-7,12-13,18H,2-4,8-10H2,1H3. The summed E-state index contributed by atoms with van der Waals surface area (Å²) >= 11 is 0. The van der Waals surface area contributed by atoms with Crippen LogP contribution in [0.4, 0.5) is 4.39 Å². The SMILES string of the molecule is COCOc1ccc(C2(O)CC3CCCC(C2)S3(=O)=O)c(F)c1. The Kier molecular flexibility index (Phi) is 4.37. The van der Waals surface area contributed by atoms with Crippen LogP contribution in [0.15, 0.2) is 18.2 Å². The molecule has 7 heteroatoms. The first-order chi connectivity index (χ1) is 10.9. The Balaban J connectivity index is 1.89. The van der Waals surface area contributed by atoms with E-state index in [0.29, 0.717) is 18.6 Å². The summed E-state index contributed by atoms with van der Waals surface area (Å²) < 4.78 is 49.1. The number of rotatable bonds is 4. The highest BCUT2D eigenvalue weighted by Gasteiger charge is 2.51. The molecule has 1 aromatic rings. The molecule has 2 saturated heterocycles. The van der Waals surface area contributed by atoms with E-state index in [1.165, 1.54) is 19.2 Å². The van der Waals surface area contributed by atoms with E-state index in [9.17, 15) is 17.9 Å². The summed E-state index contributed by atoms with van der Waals surface area (Å²) in [5.41, 5.74) is -1.29. The fourth-order valence-corrected chi connectivity index (χ4v) is 6.31. The molecule has 2 fully saturated rings. The molecule has 5 nitrogen and oxygen atoms in total. The van der Waals surface area contributed by atoms with Crippen molar-refractivity contribution < 1.29 is 27.4 Å². The number of hydrogen-bond donors (Lipinski definition) is 1. The van der Waals surface area contributed by atoms with Crippen LogP contribution in [0.3, 0.4) is 0 Å². The zero-order chi connectivity index (χ0) is 16.7. The summed E-state index contributed by atoms with van der Waals surface area (Å²) in [4.78, 5) is 0. The molecular formula is C16H21FO5S. The number of hydrogen-bond acceptors (Lipinski definition) is 5. The Morgan fingerprint density at radius 3 is 2.52 bits per heavy atom. The molecule has 0 spiro atoms. The van der Waals surface area contributed by atoms with Crippen LogP contribution in [-0.4, -0.2) is 37.9 Å². The van der Waals surface area contributed by atoms with E-state index in [-0.39, 0.29) is 25.2 Å². The summed E-state index contributed by atoms with van der Waals surface area (Å²) in [5, 5.41) is 9.80. The zero-order valence-corrected chi connectivity index (χ0v) is 13.8. The van der Waals surface area contributed by atoms with Gasteiger partial charge in [0.05, 0.1) is 16.1 Å². The maximum atomic E-state index is 14.4. The number of ether oxygens (including phenoxy) is 2. The molecule has 1 aromatic carbocycles. The third-order valence-electron chi connectivity index (χ3n) is 4.90. The van der Waals surface area contributed by atoms with Crippen molar-refractivity contribution in [1.29, 1.82) is 0 Å². The molecule has 2 atom stereocenters. The molecule has 1 N–H and O–H groups in total. The van der Waals surface area contributed by atoms with Gasteiger partial charge in [0.2, 0.25) is 0 Å². The Morgan fingerprint density at radius 2 is 1.96 bits per heavy atom. The number of aliphatic hydroxyl groups is 1. The lowest BCUT2D eigenvalue weighted by Gasteiger charge is -2.44. The van der Waals surface area contributed by atoms with E-state index in [2.05, 4.69) is 0 Å². The molecule has 3 rings (SSSR count). The summed E-state index contributed by atoms with van der Waals surface area (Å²) in [5.74, 6) is -0.279. The van der Waals surface area contributed by atoms with Crippen LogP contribution in [0.25, 0.3) is 0 Å². The fraction of sp³-hybridized carbons (Fsp3) is 0.625. The Hall–Kier alpha value is -1.18. The van der Waals surface area contributed by atoms with Crippen LogP contribution in [-0.2, 0) is 20.2 Å². The minimum atomic E-state index is -3.20. The van der Waals surface area contributed by atoms with Gasteiger partial charge in [0.25, 0.3) is 0 Å². The molecule has 0 radical (unpaired) electrons. The third-order valence-corrected chi connectivity index (χ3v) is 7.56. The van der Waals surface area contributed by atoms with E-state index in [1.807, 2.05) is 0 Å². The van der Waals surface area contributed by atoms with Crippen molar-refractivity contribution in [1.82, 2.24) is 0 Å². The maximum absolute atomic E-state index is 14.4. The molecule has 128 valence electrons. The van der Waals surface area contributed by atoms with Gasteiger partial charge in [-0.05, 0) is 37.8 Å². The molecule has 2 aliphatic rings. The largest absolute Gasteiger partial charge is 0.467 e. The van der Waals surface area contributed by atoms with Crippen LogP contribution in [0.5, 0.6) is 5.75 Å².